The van der Waals surface area contributed by atoms with Crippen LogP contribution in [-0.2, 0) is 4.79 Å². The number of carbonyl (C=O) groups is 1. The Hall–Kier alpha value is -3.22. The van der Waals surface area contributed by atoms with E-state index in [2.05, 4.69) is 20.5 Å². The number of amides is 1. The van der Waals surface area contributed by atoms with Crippen LogP contribution in [0.1, 0.15) is 24.6 Å². The van der Waals surface area contributed by atoms with Crippen molar-refractivity contribution in [1.29, 1.82) is 0 Å². The molecule has 26 heavy (non-hydrogen) atoms. The lowest BCUT2D eigenvalue weighted by Crippen LogP contribution is -2.20. The smallest absolute Gasteiger partial charge is 0.262 e. The number of H-pyrrole nitrogens is 1. The van der Waals surface area contributed by atoms with Gasteiger partial charge in [0.05, 0.1) is 0 Å². The molecule has 7 heteroatoms. The summed E-state index contributed by atoms with van der Waals surface area (Å²) in [5.41, 5.74) is 1.52. The number of nitrogens with zero attached hydrogens (tertiary/aromatic N) is 2. The molecule has 4 rings (SSSR count). The quantitative estimate of drug-likeness (QED) is 0.711. The van der Waals surface area contributed by atoms with E-state index in [-0.39, 0.29) is 12.5 Å². The average molecular weight is 352 g/mol. The molecule has 0 spiro atoms. The minimum Gasteiger partial charge on any atom is -0.484 e. The van der Waals surface area contributed by atoms with E-state index in [0.29, 0.717) is 23.2 Å². The normalized spacial score (nSPS) is 13.4. The Morgan fingerprint density at radius 3 is 2.77 bits per heavy atom. The third-order valence-electron chi connectivity index (χ3n) is 4.06. The maximum absolute atomic E-state index is 13.1. The molecule has 0 radical (unpaired) electrons. The topological polar surface area (TPSA) is 79.9 Å². The highest BCUT2D eigenvalue weighted by Crippen LogP contribution is 2.38. The summed E-state index contributed by atoms with van der Waals surface area (Å²) in [6, 6.07) is 12.9. The Bertz CT molecular complexity index is 919. The lowest BCUT2D eigenvalue weighted by Gasteiger charge is -2.08. The van der Waals surface area contributed by atoms with Crippen molar-refractivity contribution in [2.45, 2.75) is 18.8 Å². The summed E-state index contributed by atoms with van der Waals surface area (Å²) >= 11 is 0. The molecule has 0 aliphatic heterocycles. The number of carbonyl (C=O) groups excluding carboxylic acids is 1. The number of hydrogen-bond acceptors (Lipinski definition) is 4. The molecule has 2 aromatic carbocycles. The predicted molar refractivity (Wildman–Crippen MR) is 94.3 cm³/mol. The van der Waals surface area contributed by atoms with E-state index < -0.39 is 5.82 Å². The molecule has 1 saturated carbocycles. The van der Waals surface area contributed by atoms with Gasteiger partial charge in [0.1, 0.15) is 17.4 Å². The van der Waals surface area contributed by atoms with Crippen LogP contribution in [0.2, 0.25) is 0 Å². The Balaban J connectivity index is 1.33. The van der Waals surface area contributed by atoms with Crippen LogP contribution in [0.4, 0.5) is 10.1 Å². The molecule has 0 atom stereocenters. The van der Waals surface area contributed by atoms with Gasteiger partial charge in [-0.05, 0) is 49.2 Å². The highest BCUT2D eigenvalue weighted by Gasteiger charge is 2.27. The van der Waals surface area contributed by atoms with E-state index in [1.165, 1.54) is 18.2 Å². The fourth-order valence-electron chi connectivity index (χ4n) is 2.55. The molecule has 0 saturated heterocycles. The van der Waals surface area contributed by atoms with Gasteiger partial charge >= 0.3 is 0 Å². The molecule has 132 valence electrons. The third-order valence-corrected chi connectivity index (χ3v) is 4.06. The molecule has 3 aromatic rings. The maximum Gasteiger partial charge on any atom is 0.262 e. The summed E-state index contributed by atoms with van der Waals surface area (Å²) < 4.78 is 18.3. The summed E-state index contributed by atoms with van der Waals surface area (Å²) in [6.45, 7) is -0.198. The van der Waals surface area contributed by atoms with Crippen molar-refractivity contribution < 1.29 is 13.9 Å². The molecule has 0 bridgehead atoms. The van der Waals surface area contributed by atoms with E-state index in [9.17, 15) is 9.18 Å². The minimum atomic E-state index is -0.407. The van der Waals surface area contributed by atoms with Gasteiger partial charge in [0, 0.05) is 23.2 Å². The van der Waals surface area contributed by atoms with Crippen LogP contribution >= 0.6 is 0 Å². The monoisotopic (exact) mass is 352 g/mol. The van der Waals surface area contributed by atoms with E-state index >= 15 is 0 Å². The maximum atomic E-state index is 13.1. The zero-order chi connectivity index (χ0) is 17.9. The second kappa shape index (κ2) is 6.95. The molecular formula is C19H17FN4O2. The standard InChI is InChI=1S/C19H17FN4O2/c20-14-2-1-3-16(10-14)26-11-17(25)21-15-8-6-13(7-9-15)19-22-18(23-24-19)12-4-5-12/h1-3,6-10,12H,4-5,11H2,(H,21,25)(H,22,23,24). The third kappa shape index (κ3) is 3.88. The Labute approximate surface area is 149 Å². The minimum absolute atomic E-state index is 0.198. The number of benzene rings is 2. The first-order valence-corrected chi connectivity index (χ1v) is 8.38. The second-order valence-corrected chi connectivity index (χ2v) is 6.19. The second-order valence-electron chi connectivity index (χ2n) is 6.19. The van der Waals surface area contributed by atoms with Crippen molar-refractivity contribution in [3.8, 4) is 17.1 Å². The van der Waals surface area contributed by atoms with Crippen LogP contribution < -0.4 is 10.1 Å². The van der Waals surface area contributed by atoms with Crippen molar-refractivity contribution in [3.05, 3.63) is 60.2 Å². The van der Waals surface area contributed by atoms with Crippen molar-refractivity contribution in [2.75, 3.05) is 11.9 Å². The lowest BCUT2D eigenvalue weighted by molar-refractivity contribution is -0.118. The molecule has 1 aromatic heterocycles. The van der Waals surface area contributed by atoms with E-state index in [0.717, 1.165) is 24.2 Å². The summed E-state index contributed by atoms with van der Waals surface area (Å²) in [6.07, 6.45) is 2.33. The van der Waals surface area contributed by atoms with Crippen LogP contribution in [-0.4, -0.2) is 27.7 Å². The van der Waals surface area contributed by atoms with Crippen LogP contribution in [0.5, 0.6) is 5.75 Å². The molecule has 1 amide bonds. The van der Waals surface area contributed by atoms with Gasteiger partial charge in [-0.1, -0.05) is 6.07 Å². The number of aromatic amines is 1. The fraction of sp³-hybridized carbons (Fsp3) is 0.211. The van der Waals surface area contributed by atoms with Crippen molar-refractivity contribution in [1.82, 2.24) is 15.2 Å². The fourth-order valence-corrected chi connectivity index (χ4v) is 2.55. The summed E-state index contributed by atoms with van der Waals surface area (Å²) in [7, 11) is 0. The summed E-state index contributed by atoms with van der Waals surface area (Å²) in [4.78, 5) is 16.4. The van der Waals surface area contributed by atoms with Gasteiger partial charge in [0.25, 0.3) is 5.91 Å². The molecule has 1 aliphatic carbocycles. The first-order valence-electron chi connectivity index (χ1n) is 8.38. The predicted octanol–water partition coefficient (Wildman–Crippen LogP) is 3.51. The van der Waals surface area contributed by atoms with Crippen LogP contribution in [0.3, 0.4) is 0 Å². The van der Waals surface area contributed by atoms with Crippen LogP contribution in [0.15, 0.2) is 48.5 Å². The Kier molecular flexibility index (Phi) is 4.35. The molecular weight excluding hydrogens is 335 g/mol. The molecule has 2 N–H and O–H groups in total. The number of ether oxygens (including phenoxy) is 1. The Morgan fingerprint density at radius 1 is 1.23 bits per heavy atom. The highest BCUT2D eigenvalue weighted by atomic mass is 19.1. The number of anilines is 1. The largest absolute Gasteiger partial charge is 0.484 e. The van der Waals surface area contributed by atoms with E-state index in [4.69, 9.17) is 4.74 Å². The van der Waals surface area contributed by atoms with Crippen LogP contribution in [0.25, 0.3) is 11.4 Å². The van der Waals surface area contributed by atoms with Crippen molar-refractivity contribution in [2.24, 2.45) is 0 Å². The summed E-state index contributed by atoms with van der Waals surface area (Å²) in [5, 5.41) is 9.94. The van der Waals surface area contributed by atoms with E-state index in [1.54, 1.807) is 18.2 Å². The highest BCUT2D eigenvalue weighted by molar-refractivity contribution is 5.92. The van der Waals surface area contributed by atoms with Gasteiger partial charge in [-0.25, -0.2) is 9.37 Å². The molecule has 0 unspecified atom stereocenters. The number of aromatic nitrogens is 3. The molecule has 6 nitrogen and oxygen atoms in total. The van der Waals surface area contributed by atoms with E-state index in [1.807, 2.05) is 12.1 Å². The van der Waals surface area contributed by atoms with Gasteiger partial charge in [-0.3, -0.25) is 9.89 Å². The first kappa shape index (κ1) is 16.3. The number of halogens is 1. The van der Waals surface area contributed by atoms with Crippen LogP contribution in [0, 0.1) is 5.82 Å². The molecule has 1 heterocycles. The first-order chi connectivity index (χ1) is 12.7. The van der Waals surface area contributed by atoms with Gasteiger partial charge in [-0.15, -0.1) is 0 Å². The number of nitrogens with one attached hydrogen (secondary N) is 2. The Morgan fingerprint density at radius 2 is 2.04 bits per heavy atom. The number of hydrogen-bond donors (Lipinski definition) is 2. The summed E-state index contributed by atoms with van der Waals surface area (Å²) in [5.74, 6) is 1.69. The molecule has 1 fully saturated rings. The SMILES string of the molecule is O=C(COc1cccc(F)c1)Nc1ccc(-c2n[nH]c(C3CC3)n2)cc1. The van der Waals surface area contributed by atoms with Gasteiger partial charge in [0.2, 0.25) is 0 Å². The van der Waals surface area contributed by atoms with Gasteiger partial charge in [-0.2, -0.15) is 5.10 Å². The van der Waals surface area contributed by atoms with Crippen molar-refractivity contribution in [3.63, 3.8) is 0 Å². The lowest BCUT2D eigenvalue weighted by atomic mass is 10.2. The van der Waals surface area contributed by atoms with Crippen molar-refractivity contribution >= 4 is 11.6 Å². The zero-order valence-electron chi connectivity index (χ0n) is 13.9. The van der Waals surface area contributed by atoms with Gasteiger partial charge < -0.3 is 10.1 Å². The molecule has 1 aliphatic rings. The number of rotatable bonds is 6. The average Bonchev–Trinajstić information content (AvgIpc) is 3.38. The zero-order valence-corrected chi connectivity index (χ0v) is 13.9. The van der Waals surface area contributed by atoms with Gasteiger partial charge in [0.15, 0.2) is 12.4 Å².